The molecule has 9 aliphatic rings. The van der Waals surface area contributed by atoms with Gasteiger partial charge in [0.15, 0.2) is 0 Å². The molecule has 3 spiro atoms. The number of nitrogens with two attached hydrogens (primary N) is 2. The lowest BCUT2D eigenvalue weighted by Gasteiger charge is -2.42. The Kier molecular flexibility index (Phi) is 38.1. The zero-order valence-corrected chi connectivity index (χ0v) is 87.2. The van der Waals surface area contributed by atoms with Crippen LogP contribution in [-0.4, -0.2) is 216 Å². The van der Waals surface area contributed by atoms with Crippen molar-refractivity contribution in [3.05, 3.63) is 190 Å². The number of Topliss-reactive ketones (excluding diaryl/α,β-unsaturated/α-hetero) is 2. The van der Waals surface area contributed by atoms with E-state index in [0.717, 1.165) is 115 Å². The highest BCUT2D eigenvalue weighted by Crippen LogP contribution is 2.56. The third-order valence-electron chi connectivity index (χ3n) is 27.6. The second-order valence-electron chi connectivity index (χ2n) is 42.4. The summed E-state index contributed by atoms with van der Waals surface area (Å²) in [6.45, 7) is 47.9. The fourth-order valence-corrected chi connectivity index (χ4v) is 20.8. The first-order valence-corrected chi connectivity index (χ1v) is 47.7. The van der Waals surface area contributed by atoms with Gasteiger partial charge in [0.2, 0.25) is 23.6 Å². The van der Waals surface area contributed by atoms with E-state index in [1.54, 1.807) is 0 Å². The summed E-state index contributed by atoms with van der Waals surface area (Å²) >= 11 is 19.2. The molecule has 0 aliphatic carbocycles. The summed E-state index contributed by atoms with van der Waals surface area (Å²) in [6.07, 6.45) is -7.72. The number of carbonyl (C=O) groups excluding carboxylic acids is 6. The number of hydrogen-bond donors (Lipinski definition) is 7. The number of nitrogens with one attached hydrogen (secondary N) is 3. The smallest absolute Gasteiger partial charge is 0.458 e. The van der Waals surface area contributed by atoms with Gasteiger partial charge < -0.3 is 80.7 Å². The molecule has 9 aliphatic heterocycles. The van der Waals surface area contributed by atoms with Gasteiger partial charge in [-0.25, -0.2) is 26.3 Å². The average Bonchev–Trinajstić information content (AvgIpc) is 1.58. The van der Waals surface area contributed by atoms with E-state index >= 15 is 0 Å². The molecule has 9 atom stereocenters. The quantitative estimate of drug-likeness (QED) is 0.0418. The average molecular weight is 2110 g/mol. The minimum Gasteiger partial charge on any atom is -1.00 e. The normalized spacial score (nSPS) is 22.5. The summed E-state index contributed by atoms with van der Waals surface area (Å²) < 4.78 is 169. The molecule has 142 heavy (non-hydrogen) atoms. The van der Waals surface area contributed by atoms with Gasteiger partial charge in [-0.3, -0.25) is 68.0 Å². The fraction of sp³-hybridized carbons (Fsp3) is 0.590. The molecule has 12 heterocycles. The second kappa shape index (κ2) is 45.5. The van der Waals surface area contributed by atoms with Crippen molar-refractivity contribution in [3.8, 4) is 0 Å². The van der Waals surface area contributed by atoms with Crippen molar-refractivity contribution in [2.75, 3.05) is 78.5 Å². The van der Waals surface area contributed by atoms with Gasteiger partial charge in [0.1, 0.15) is 70.0 Å². The van der Waals surface area contributed by atoms with Gasteiger partial charge in [-0.1, -0.05) is 53.0 Å². The number of hydrogen-bond acceptors (Lipinski definition) is 17. The van der Waals surface area contributed by atoms with Gasteiger partial charge in [-0.15, -0.1) is 0 Å². The molecule has 0 radical (unpaired) electrons. The number of nitrogens with zero attached hydrogens (tertiary/aromatic N) is 7. The van der Waals surface area contributed by atoms with Crippen LogP contribution in [0.2, 0.25) is 15.1 Å². The number of ether oxygens (including phenoxy) is 3. The molecule has 6 fully saturated rings. The van der Waals surface area contributed by atoms with Crippen LogP contribution in [0.15, 0.2) is 72.8 Å². The van der Waals surface area contributed by atoms with Gasteiger partial charge in [-0.2, -0.15) is 26.3 Å². The SMILES string of the molecule is CC(=O)NC(C)(C)[C@@H]1OC2(CC[NH2+]CC2)c2nc(C)c(Cl)cc21.CC(=O)NC(C)(C)[C@H]1OC2(CCN(C(=O)C3CN(C(C)(C)C)C[C@H]3c3ccc(F)cc3F)CC2)c2nc(C)c(Cl)cc21.CC(=O)NC(C)(C)[C@H]1OC2(CC[NH2+]CC2)c2nc(C)c(Cl)cc21.CC(C)(C)N1C[C@@H](C(=O)O)[C@H](c2ccc(F)cc2F)C1.CC(C)(C)N1C[C@@H](C(=O)O)[C@H](c2ccc(F)cc2F)C1.O=C(C(=O)C(F)(F)F)C(F)(F)F.[Cl-].[Cl-]. The maximum Gasteiger partial charge on any atom is 0.458 e. The number of benzene rings is 3. The van der Waals surface area contributed by atoms with Gasteiger partial charge in [0.05, 0.1) is 110 Å². The number of rotatable bonds is 13. The number of halogens is 17. The zero-order valence-electron chi connectivity index (χ0n) is 83.4. The Morgan fingerprint density at radius 3 is 0.866 bits per heavy atom. The van der Waals surface area contributed by atoms with Crippen LogP contribution in [0.25, 0.3) is 0 Å². The molecule has 786 valence electrons. The van der Waals surface area contributed by atoms with Crippen molar-refractivity contribution < 1.29 is 151 Å². The number of carboxylic acid groups (broad SMARTS) is 2. The highest BCUT2D eigenvalue weighted by Gasteiger charge is 2.59. The maximum absolute atomic E-state index is 15.0. The first-order valence-electron chi connectivity index (χ1n) is 46.6. The summed E-state index contributed by atoms with van der Waals surface area (Å²) in [5.74, 6) is -16.0. The predicted molar refractivity (Wildman–Crippen MR) is 499 cm³/mol. The first-order chi connectivity index (χ1) is 64.5. The topological polar surface area (TPSA) is 326 Å². The van der Waals surface area contributed by atoms with E-state index in [4.69, 9.17) is 64.0 Å². The molecule has 1 unspecified atom stereocenters. The number of ketones is 2. The molecule has 9 N–H and O–H groups in total. The Balaban J connectivity index is 0.000000217. The number of quaternary nitrogens is 2. The molecule has 4 amide bonds. The second-order valence-corrected chi connectivity index (χ2v) is 43.6. The van der Waals surface area contributed by atoms with Gasteiger partial charge in [0.25, 0.3) is 0 Å². The Bertz CT molecular complexity index is 5390. The van der Waals surface area contributed by atoms with Crippen LogP contribution in [0, 0.1) is 73.4 Å². The Labute approximate surface area is 847 Å². The molecule has 6 saturated heterocycles. The van der Waals surface area contributed by atoms with Crippen LogP contribution in [-0.2, 0) is 69.4 Å². The lowest BCUT2D eigenvalue weighted by atomic mass is 9.83. The van der Waals surface area contributed by atoms with Crippen molar-refractivity contribution in [2.45, 2.75) is 282 Å². The summed E-state index contributed by atoms with van der Waals surface area (Å²) in [4.78, 5) is 114. The van der Waals surface area contributed by atoms with Crippen molar-refractivity contribution in [3.63, 3.8) is 0 Å². The molecule has 3 aromatic heterocycles. The van der Waals surface area contributed by atoms with E-state index in [1.807, 2.05) is 137 Å². The highest BCUT2D eigenvalue weighted by molar-refractivity contribution is 6.41. The molecule has 6 aromatic rings. The van der Waals surface area contributed by atoms with E-state index in [2.05, 4.69) is 52.3 Å². The lowest BCUT2D eigenvalue weighted by Crippen LogP contribution is -3.00. The summed E-state index contributed by atoms with van der Waals surface area (Å²) in [5.41, 5.74) is 5.27. The van der Waals surface area contributed by atoms with Crippen LogP contribution in [0.5, 0.6) is 0 Å². The molecule has 3 aromatic carbocycles. The Morgan fingerprint density at radius 2 is 0.634 bits per heavy atom. The fourth-order valence-electron chi connectivity index (χ4n) is 20.4. The van der Waals surface area contributed by atoms with E-state index < -0.39 is 129 Å². The Morgan fingerprint density at radius 1 is 0.387 bits per heavy atom. The molecule has 0 saturated carbocycles. The zero-order chi connectivity index (χ0) is 105. The van der Waals surface area contributed by atoms with Crippen LogP contribution in [0.3, 0.4) is 0 Å². The van der Waals surface area contributed by atoms with E-state index in [9.17, 15) is 101 Å². The minimum absolute atomic E-state index is 0. The van der Waals surface area contributed by atoms with Gasteiger partial charge >= 0.3 is 35.9 Å². The summed E-state index contributed by atoms with van der Waals surface area (Å²) in [6, 6.07) is 16.2. The van der Waals surface area contributed by atoms with Crippen LogP contribution >= 0.6 is 34.8 Å². The molecule has 0 bridgehead atoms. The number of carboxylic acids is 2. The molecular weight excluding hydrogens is 1980 g/mol. The number of likely N-dealkylation sites (tertiary alicyclic amines) is 4. The van der Waals surface area contributed by atoms with Gasteiger partial charge in [-0.05, 0) is 191 Å². The molecule has 42 heteroatoms. The monoisotopic (exact) mass is 2110 g/mol. The third kappa shape index (κ3) is 27.3. The van der Waals surface area contributed by atoms with Crippen molar-refractivity contribution in [2.24, 2.45) is 17.8 Å². The van der Waals surface area contributed by atoms with E-state index in [0.29, 0.717) is 91.5 Å². The lowest BCUT2D eigenvalue weighted by molar-refractivity contribution is -0.669. The highest BCUT2D eigenvalue weighted by atomic mass is 35.5. The van der Waals surface area contributed by atoms with Crippen LogP contribution in [0.1, 0.15) is 267 Å². The van der Waals surface area contributed by atoms with E-state index in [1.165, 1.54) is 57.2 Å². The van der Waals surface area contributed by atoms with Crippen LogP contribution < -0.4 is 51.4 Å². The molecule has 25 nitrogen and oxygen atoms in total. The Hall–Kier alpha value is -8.44. The predicted octanol–water partition coefficient (Wildman–Crippen LogP) is 9.79. The molecular formula is C100H129Cl5F12N12O13. The van der Waals surface area contributed by atoms with E-state index in [-0.39, 0.29) is 106 Å². The van der Waals surface area contributed by atoms with Crippen molar-refractivity contribution >= 4 is 81.9 Å². The maximum atomic E-state index is 15.0. The largest absolute Gasteiger partial charge is 1.00 e. The number of pyridine rings is 3. The number of fused-ring (bicyclic) bond motifs is 6. The number of carbonyl (C=O) groups is 8. The number of aryl methyl sites for hydroxylation is 3. The third-order valence-corrected chi connectivity index (χ3v) is 28.8. The number of amides is 4. The number of aromatic nitrogens is 3. The molecule has 15 rings (SSSR count). The number of piperidine rings is 3. The summed E-state index contributed by atoms with van der Waals surface area (Å²) in [5, 5.41) is 34.2. The van der Waals surface area contributed by atoms with Crippen molar-refractivity contribution in [1.82, 2.24) is 50.5 Å². The standard InChI is InChI=1S/C32H41ClF2N4O3.2C17H24ClN3O2.2C15H19F2NO2.C4F6O2.2ClH/c1-18-25(33)15-22-27(36-18)32(42-28(22)31(6,7)37-19(2)40)10-12-38(13-11-32)29(41)24-17-39(30(3,4)5)16-23(24)21-9-8-20(34)14-26(21)35;2*1-10-13(18)9-12-14(20-10)17(5-7-19-8-6-17)23-15(12)16(3,4)21-11(2)22;2*1-15(2,3)18-7-11(12(8-18)14(19)20)10-5-4-9(16)6-13(10)17;5-3(6,7)1(11)2(12)4(8,9)10;;/h8-9,14-15,23-24,28H,10-13,16-17H2,1-7H3,(H,37,40);2*9,15,19H,5-8H2,1-4H3,(H,21,22);2*4-6,11-12H,7-8H2,1-3H3,(H,19,20);;2*1H/t23-,24?,28-;2*15-;2*11-,12+;;;/m01000.../s1. The first kappa shape index (κ1) is 119. The minimum atomic E-state index is -5.77. The van der Waals surface area contributed by atoms with Crippen molar-refractivity contribution in [1.29, 1.82) is 0 Å². The van der Waals surface area contributed by atoms with Gasteiger partial charge in [0, 0.05) is 168 Å². The number of alkyl halides is 6. The van der Waals surface area contributed by atoms with Crippen LogP contribution in [0.4, 0.5) is 52.7 Å². The number of aliphatic carboxylic acids is 2. The summed E-state index contributed by atoms with van der Waals surface area (Å²) in [7, 11) is 0.